The number of nitrogens with zero attached hydrogens (tertiary/aromatic N) is 2. The Morgan fingerprint density at radius 1 is 1.00 bits per heavy atom. The Morgan fingerprint density at radius 2 is 1.64 bits per heavy atom. The van der Waals surface area contributed by atoms with E-state index in [1.54, 1.807) is 24.3 Å². The second-order valence-electron chi connectivity index (χ2n) is 4.78. The van der Waals surface area contributed by atoms with Gasteiger partial charge in [-0.1, -0.05) is 52.0 Å². The topological polar surface area (TPSA) is 71.2 Å². The number of methoxy groups -OCH3 is 1. The van der Waals surface area contributed by atoms with Crippen molar-refractivity contribution in [2.45, 2.75) is 27.7 Å². The number of rotatable bonds is 3. The van der Waals surface area contributed by atoms with E-state index < -0.39 is 5.97 Å². The van der Waals surface area contributed by atoms with Crippen LogP contribution in [0.15, 0.2) is 64.8 Å². The van der Waals surface area contributed by atoms with Crippen LogP contribution in [0.3, 0.4) is 0 Å². The quantitative estimate of drug-likeness (QED) is 0.275. The number of hydrogen-bond donors (Lipinski definition) is 1. The summed E-state index contributed by atoms with van der Waals surface area (Å²) in [5.41, 5.74) is 0.803. The Labute approximate surface area is 191 Å². The monoisotopic (exact) mass is 454 g/mol. The van der Waals surface area contributed by atoms with Crippen LogP contribution in [-0.2, 0) is 37.4 Å². The van der Waals surface area contributed by atoms with Crippen LogP contribution in [-0.4, -0.2) is 18.2 Å². The summed E-state index contributed by atoms with van der Waals surface area (Å²) in [4.78, 5) is 11.8. The third-order valence-electron chi connectivity index (χ3n) is 3.35. The van der Waals surface area contributed by atoms with Crippen molar-refractivity contribution >= 4 is 28.1 Å². The fourth-order valence-electron chi connectivity index (χ4n) is 2.23. The molecule has 3 aromatic carbocycles. The number of azo groups is 1. The van der Waals surface area contributed by atoms with Gasteiger partial charge in [-0.05, 0) is 17.1 Å². The van der Waals surface area contributed by atoms with Crippen LogP contribution >= 0.6 is 0 Å². The molecule has 28 heavy (non-hydrogen) atoms. The molecule has 0 unspecified atom stereocenters. The number of benzene rings is 3. The number of esters is 1. The number of phenols is 1. The third kappa shape index (κ3) is 6.50. The molecule has 145 valence electrons. The summed E-state index contributed by atoms with van der Waals surface area (Å²) in [5.74, 6) is -0.883. The van der Waals surface area contributed by atoms with Crippen molar-refractivity contribution in [1.82, 2.24) is 0 Å². The van der Waals surface area contributed by atoms with Crippen molar-refractivity contribution in [2.24, 2.45) is 10.2 Å². The van der Waals surface area contributed by atoms with E-state index in [9.17, 15) is 9.90 Å². The van der Waals surface area contributed by atoms with E-state index in [0.717, 1.165) is 5.39 Å². The molecule has 0 atom stereocenters. The largest absolute Gasteiger partial charge is 0.505 e. The van der Waals surface area contributed by atoms with Crippen LogP contribution in [0.4, 0.5) is 11.4 Å². The van der Waals surface area contributed by atoms with Gasteiger partial charge in [0.1, 0.15) is 11.3 Å². The van der Waals surface area contributed by atoms with Gasteiger partial charge in [-0.2, -0.15) is 29.4 Å². The summed E-state index contributed by atoms with van der Waals surface area (Å²) in [6.45, 7) is 8.00. The second-order valence-corrected chi connectivity index (χ2v) is 4.78. The van der Waals surface area contributed by atoms with Crippen LogP contribution in [0.1, 0.15) is 38.1 Å². The summed E-state index contributed by atoms with van der Waals surface area (Å²) in [6, 6.07) is 18.9. The van der Waals surface area contributed by atoms with Crippen LogP contribution < -0.4 is 0 Å². The fraction of sp³-hybridized carbons (Fsp3) is 0.227. The Bertz CT molecular complexity index is 897. The van der Waals surface area contributed by atoms with Crippen molar-refractivity contribution in [3.63, 3.8) is 0 Å². The summed E-state index contributed by atoms with van der Waals surface area (Å²) in [7, 11) is 1.26. The van der Waals surface area contributed by atoms with Crippen molar-refractivity contribution in [3.05, 3.63) is 66.2 Å². The predicted molar refractivity (Wildman–Crippen MR) is 109 cm³/mol. The molecule has 0 aliphatic heterocycles. The first-order chi connectivity index (χ1) is 13.2. The van der Waals surface area contributed by atoms with Gasteiger partial charge in [0.15, 0.2) is 5.75 Å². The first kappa shape index (κ1) is 25.9. The summed E-state index contributed by atoms with van der Waals surface area (Å²) >= 11 is 0. The van der Waals surface area contributed by atoms with Crippen LogP contribution in [0.25, 0.3) is 10.8 Å². The minimum Gasteiger partial charge on any atom is -0.505 e. The van der Waals surface area contributed by atoms with Gasteiger partial charge in [0.25, 0.3) is 0 Å². The van der Waals surface area contributed by atoms with Gasteiger partial charge in [0.05, 0.1) is 7.11 Å². The SMILES string of the molecule is CC.CC.COC(=O)c1cc2ccccc2c(N=Nc2[c-]cccc2)c1O.[Y]. The average molecular weight is 454 g/mol. The molecular weight excluding hydrogens is 429 g/mol. The molecule has 1 radical (unpaired) electrons. The smallest absolute Gasteiger partial charge is 0.341 e. The van der Waals surface area contributed by atoms with Crippen LogP contribution in [0.5, 0.6) is 5.75 Å². The zero-order valence-electron chi connectivity index (χ0n) is 16.9. The number of hydrogen-bond acceptors (Lipinski definition) is 5. The predicted octanol–water partition coefficient (Wildman–Crippen LogP) is 6.60. The summed E-state index contributed by atoms with van der Waals surface area (Å²) in [5, 5.41) is 20.0. The number of phenolic OH excluding ortho intramolecular Hbond substituents is 1. The van der Waals surface area contributed by atoms with Gasteiger partial charge in [-0.3, -0.25) is 0 Å². The molecule has 0 spiro atoms. The molecule has 1 N–H and O–H groups in total. The molecule has 0 saturated carbocycles. The maximum atomic E-state index is 11.8. The standard InChI is InChI=1S/C18H13N2O3.2C2H6.Y/c1-23-18(22)15-11-12-7-5-6-10-14(12)16(17(15)21)20-19-13-8-3-2-4-9-13;2*1-2;/h2-8,10-11,21H,1H3;2*1-2H3;/q-1;;;. The second kappa shape index (κ2) is 14.0. The number of carbonyl (C=O) groups is 1. The maximum Gasteiger partial charge on any atom is 0.341 e. The summed E-state index contributed by atoms with van der Waals surface area (Å²) in [6.07, 6.45) is 0. The molecular formula is C22H25N2O3Y-. The minimum atomic E-state index is -0.629. The van der Waals surface area contributed by atoms with Gasteiger partial charge in [-0.25, -0.2) is 4.79 Å². The Morgan fingerprint density at radius 3 is 2.25 bits per heavy atom. The van der Waals surface area contributed by atoms with E-state index in [2.05, 4.69) is 16.3 Å². The number of fused-ring (bicyclic) bond motifs is 1. The van der Waals surface area contributed by atoms with Crippen molar-refractivity contribution < 1.29 is 47.3 Å². The van der Waals surface area contributed by atoms with E-state index in [0.29, 0.717) is 11.1 Å². The Kier molecular flexibility index (Phi) is 12.9. The van der Waals surface area contributed by atoms with Gasteiger partial charge in [0, 0.05) is 38.1 Å². The maximum absolute atomic E-state index is 11.8. The van der Waals surface area contributed by atoms with E-state index in [1.807, 2.05) is 58.0 Å². The number of carbonyl (C=O) groups excluding carboxylic acids is 1. The first-order valence-electron chi connectivity index (χ1n) is 8.92. The molecule has 3 aromatic rings. The molecule has 0 saturated heterocycles. The molecule has 5 nitrogen and oxygen atoms in total. The Hall–Kier alpha value is -2.11. The summed E-state index contributed by atoms with van der Waals surface area (Å²) < 4.78 is 4.71. The van der Waals surface area contributed by atoms with Crippen LogP contribution in [0.2, 0.25) is 0 Å². The first-order valence-corrected chi connectivity index (χ1v) is 8.92. The minimum absolute atomic E-state index is 0. The average Bonchev–Trinajstić information content (AvgIpc) is 2.75. The van der Waals surface area contributed by atoms with Crippen molar-refractivity contribution in [1.29, 1.82) is 0 Å². The zero-order chi connectivity index (χ0) is 20.2. The van der Waals surface area contributed by atoms with Gasteiger partial charge < -0.3 is 9.84 Å². The van der Waals surface area contributed by atoms with E-state index in [-0.39, 0.29) is 49.7 Å². The van der Waals surface area contributed by atoms with Gasteiger partial charge in [-0.15, -0.1) is 11.2 Å². The van der Waals surface area contributed by atoms with Crippen molar-refractivity contribution in [2.75, 3.05) is 7.11 Å². The normalized spacial score (nSPS) is 9.46. The fourth-order valence-corrected chi connectivity index (χ4v) is 2.23. The molecule has 0 heterocycles. The molecule has 3 rings (SSSR count). The van der Waals surface area contributed by atoms with Crippen LogP contribution in [0, 0.1) is 6.07 Å². The Balaban J connectivity index is 0.00000137. The van der Waals surface area contributed by atoms with Crippen molar-refractivity contribution in [3.8, 4) is 5.75 Å². The van der Waals surface area contributed by atoms with Gasteiger partial charge >= 0.3 is 5.97 Å². The van der Waals surface area contributed by atoms with Gasteiger partial charge in [0.2, 0.25) is 0 Å². The molecule has 0 aliphatic rings. The molecule has 0 aromatic heterocycles. The zero-order valence-corrected chi connectivity index (χ0v) is 19.8. The number of aromatic hydroxyl groups is 1. The molecule has 0 fully saturated rings. The third-order valence-corrected chi connectivity index (χ3v) is 3.35. The molecule has 0 aliphatic carbocycles. The molecule has 0 bridgehead atoms. The number of ether oxygens (including phenoxy) is 1. The van der Waals surface area contributed by atoms with E-state index in [4.69, 9.17) is 4.74 Å². The van der Waals surface area contributed by atoms with E-state index in [1.165, 1.54) is 7.11 Å². The van der Waals surface area contributed by atoms with E-state index >= 15 is 0 Å². The molecule has 0 amide bonds. The molecule has 6 heteroatoms.